The van der Waals surface area contributed by atoms with Crippen molar-refractivity contribution in [3.8, 4) is 0 Å². The molecule has 1 unspecified atom stereocenters. The van der Waals surface area contributed by atoms with Gasteiger partial charge in [-0.25, -0.2) is 4.79 Å². The van der Waals surface area contributed by atoms with E-state index in [1.54, 1.807) is 0 Å². The third-order valence-electron chi connectivity index (χ3n) is 0.390. The molecule has 5 heteroatoms. The van der Waals surface area contributed by atoms with Crippen molar-refractivity contribution in [2.24, 2.45) is 0 Å². The quantitative estimate of drug-likeness (QED) is 0.495. The summed E-state index contributed by atoms with van der Waals surface area (Å²) < 4.78 is 0. The van der Waals surface area contributed by atoms with Gasteiger partial charge in [0.05, 0.1) is 0 Å². The van der Waals surface area contributed by atoms with Crippen molar-refractivity contribution in [2.45, 2.75) is 12.0 Å². The first-order valence-electron chi connectivity index (χ1n) is 1.59. The van der Waals surface area contributed by atoms with Crippen molar-refractivity contribution in [2.75, 3.05) is 0 Å². The second-order valence-corrected chi connectivity index (χ2v) is 1.99. The summed E-state index contributed by atoms with van der Waals surface area (Å²) in [6.07, 6.45) is 0. The van der Waals surface area contributed by atoms with E-state index in [1.807, 2.05) is 0 Å². The Kier molecular flexibility index (Phi) is 4.91. The molecule has 0 aliphatic rings. The SMILES string of the molecule is CC(O)(Cl)C(=O)O.[Ag]. The number of hydrogen-bond donors (Lipinski definition) is 2. The van der Waals surface area contributed by atoms with Crippen LogP contribution in [0.3, 0.4) is 0 Å². The minimum atomic E-state index is -2.11. The van der Waals surface area contributed by atoms with E-state index in [2.05, 4.69) is 0 Å². The van der Waals surface area contributed by atoms with Gasteiger partial charge in [-0.05, 0) is 6.92 Å². The maximum atomic E-state index is 9.64. The third-order valence-corrected chi connectivity index (χ3v) is 0.552. The molecule has 0 aromatic rings. The van der Waals surface area contributed by atoms with Crippen LogP contribution in [0.2, 0.25) is 0 Å². The van der Waals surface area contributed by atoms with E-state index in [0.29, 0.717) is 0 Å². The fourth-order valence-electron chi connectivity index (χ4n) is 0. The molecule has 0 heterocycles. The summed E-state index contributed by atoms with van der Waals surface area (Å²) in [5.74, 6) is -1.44. The summed E-state index contributed by atoms with van der Waals surface area (Å²) in [6.45, 7) is 0.983. The molecule has 0 aromatic carbocycles. The number of halogens is 1. The molecule has 0 bridgehead atoms. The monoisotopic (exact) mass is 231 g/mol. The Bertz CT molecular complexity index is 87.0. The third kappa shape index (κ3) is 4.62. The van der Waals surface area contributed by atoms with Gasteiger partial charge in [-0.15, -0.1) is 0 Å². The van der Waals surface area contributed by atoms with Crippen LogP contribution in [0.5, 0.6) is 0 Å². The summed E-state index contributed by atoms with van der Waals surface area (Å²) in [7, 11) is 0. The fraction of sp³-hybridized carbons (Fsp3) is 0.667. The van der Waals surface area contributed by atoms with E-state index in [4.69, 9.17) is 21.8 Å². The molecular weight excluding hydrogens is 227 g/mol. The minimum absolute atomic E-state index is 0. The van der Waals surface area contributed by atoms with Crippen molar-refractivity contribution in [1.82, 2.24) is 0 Å². The predicted molar refractivity (Wildman–Crippen MR) is 24.1 cm³/mol. The summed E-state index contributed by atoms with van der Waals surface area (Å²) in [6, 6.07) is 0. The number of aliphatic carboxylic acids is 1. The Morgan fingerprint density at radius 3 is 1.88 bits per heavy atom. The molecule has 0 rings (SSSR count). The van der Waals surface area contributed by atoms with Crippen LogP contribution in [-0.4, -0.2) is 21.2 Å². The Labute approximate surface area is 67.2 Å². The number of carboxylic acids is 1. The number of carboxylic acid groups (broad SMARTS) is 1. The zero-order valence-corrected chi connectivity index (χ0v) is 6.22. The van der Waals surface area contributed by atoms with Crippen molar-refractivity contribution in [3.63, 3.8) is 0 Å². The molecule has 0 amide bonds. The van der Waals surface area contributed by atoms with Crippen molar-refractivity contribution >= 4 is 17.6 Å². The molecule has 53 valence electrons. The molecule has 3 nitrogen and oxygen atoms in total. The Hall–Kier alpha value is 0.460. The Morgan fingerprint density at radius 1 is 1.75 bits per heavy atom. The molecule has 8 heavy (non-hydrogen) atoms. The maximum Gasteiger partial charge on any atom is 0.351 e. The second-order valence-electron chi connectivity index (χ2n) is 1.26. The van der Waals surface area contributed by atoms with E-state index in [9.17, 15) is 4.79 Å². The van der Waals surface area contributed by atoms with E-state index < -0.39 is 11.0 Å². The zero-order valence-electron chi connectivity index (χ0n) is 3.98. The number of carbonyl (C=O) groups is 1. The number of aliphatic hydroxyl groups is 1. The van der Waals surface area contributed by atoms with Crippen LogP contribution in [0.25, 0.3) is 0 Å². The summed E-state index contributed by atoms with van der Waals surface area (Å²) in [5, 5.41) is 14.0. The molecule has 0 aliphatic carbocycles. The van der Waals surface area contributed by atoms with Gasteiger partial charge in [0.15, 0.2) is 0 Å². The van der Waals surface area contributed by atoms with Crippen LogP contribution < -0.4 is 0 Å². The summed E-state index contributed by atoms with van der Waals surface area (Å²) >= 11 is 4.82. The molecular formula is C3H5AgClO3. The number of rotatable bonds is 1. The number of alkyl halides is 1. The van der Waals surface area contributed by atoms with E-state index >= 15 is 0 Å². The van der Waals surface area contributed by atoms with Crippen molar-refractivity contribution in [3.05, 3.63) is 0 Å². The smallest absolute Gasteiger partial charge is 0.351 e. The molecule has 0 saturated carbocycles. The van der Waals surface area contributed by atoms with Gasteiger partial charge in [-0.1, -0.05) is 11.6 Å². The topological polar surface area (TPSA) is 57.5 Å². The van der Waals surface area contributed by atoms with Crippen molar-refractivity contribution in [1.29, 1.82) is 0 Å². The van der Waals surface area contributed by atoms with Gasteiger partial charge in [-0.3, -0.25) is 0 Å². The Balaban J connectivity index is 0. The first-order chi connectivity index (χ1) is 2.94. The molecule has 0 spiro atoms. The van der Waals surface area contributed by atoms with Crippen LogP contribution in [0, 0.1) is 0 Å². The van der Waals surface area contributed by atoms with Gasteiger partial charge in [-0.2, -0.15) is 0 Å². The van der Waals surface area contributed by atoms with Gasteiger partial charge in [0.2, 0.25) is 5.06 Å². The summed E-state index contributed by atoms with van der Waals surface area (Å²) in [5.41, 5.74) is 0. The second kappa shape index (κ2) is 3.48. The van der Waals surface area contributed by atoms with Crippen LogP contribution in [0.1, 0.15) is 6.92 Å². The van der Waals surface area contributed by atoms with E-state index in [0.717, 1.165) is 6.92 Å². The van der Waals surface area contributed by atoms with Gasteiger partial charge < -0.3 is 10.2 Å². The average Bonchev–Trinajstić information content (AvgIpc) is 1.31. The van der Waals surface area contributed by atoms with Crippen LogP contribution in [-0.2, 0) is 27.2 Å². The largest absolute Gasteiger partial charge is 0.478 e. The molecule has 2 N–H and O–H groups in total. The zero-order chi connectivity index (χ0) is 6.08. The first kappa shape index (κ1) is 11.3. The fourth-order valence-corrected chi connectivity index (χ4v) is 0. The molecule has 1 atom stereocenters. The standard InChI is InChI=1S/C3H5ClO3.Ag/c1-3(4,7)2(5)6;/h7H,1H3,(H,5,6);. The molecule has 1 radical (unpaired) electrons. The molecule has 0 saturated heterocycles. The van der Waals surface area contributed by atoms with Gasteiger partial charge in [0.25, 0.3) is 0 Å². The van der Waals surface area contributed by atoms with Gasteiger partial charge in [0, 0.05) is 22.4 Å². The van der Waals surface area contributed by atoms with Crippen LogP contribution in [0.15, 0.2) is 0 Å². The molecule has 0 aromatic heterocycles. The average molecular weight is 232 g/mol. The normalized spacial score (nSPS) is 15.9. The Morgan fingerprint density at radius 2 is 1.88 bits per heavy atom. The van der Waals surface area contributed by atoms with E-state index in [1.165, 1.54) is 0 Å². The van der Waals surface area contributed by atoms with E-state index in [-0.39, 0.29) is 22.4 Å². The number of hydrogen-bond acceptors (Lipinski definition) is 2. The van der Waals surface area contributed by atoms with Gasteiger partial charge >= 0.3 is 5.97 Å². The van der Waals surface area contributed by atoms with Gasteiger partial charge in [0.1, 0.15) is 0 Å². The molecule has 0 aliphatic heterocycles. The minimum Gasteiger partial charge on any atom is -0.478 e. The summed E-state index contributed by atoms with van der Waals surface area (Å²) in [4.78, 5) is 9.64. The molecule has 0 fully saturated rings. The van der Waals surface area contributed by atoms with Crippen molar-refractivity contribution < 1.29 is 37.4 Å². The maximum absolute atomic E-state index is 9.64. The van der Waals surface area contributed by atoms with Crippen LogP contribution >= 0.6 is 11.6 Å². The predicted octanol–water partition coefficient (Wildman–Crippen LogP) is 0.0158. The first-order valence-corrected chi connectivity index (χ1v) is 1.97. The van der Waals surface area contributed by atoms with Crippen LogP contribution in [0.4, 0.5) is 0 Å².